The molecule has 0 saturated carbocycles. The summed E-state index contributed by atoms with van der Waals surface area (Å²) >= 11 is 1.14. The molecule has 3 heterocycles. The Labute approximate surface area is 156 Å². The fourth-order valence-electron chi connectivity index (χ4n) is 2.35. The third-order valence-electron chi connectivity index (χ3n) is 3.56. The number of nitrogens with zero attached hydrogens (tertiary/aromatic N) is 3. The summed E-state index contributed by atoms with van der Waals surface area (Å²) < 4.78 is 10.6. The van der Waals surface area contributed by atoms with Gasteiger partial charge in [-0.3, -0.25) is 9.78 Å². The molecule has 0 radical (unpaired) electrons. The first-order valence-electron chi connectivity index (χ1n) is 7.88. The van der Waals surface area contributed by atoms with Crippen LogP contribution in [0.25, 0.3) is 22.4 Å². The lowest BCUT2D eigenvalue weighted by Crippen LogP contribution is -2.14. The molecule has 0 aliphatic carbocycles. The Kier molecular flexibility index (Phi) is 4.67. The molecule has 1 N–H and O–H groups in total. The molecule has 27 heavy (non-hydrogen) atoms. The number of hydrogen-bond donors (Lipinski definition) is 1. The van der Waals surface area contributed by atoms with Gasteiger partial charge in [0.1, 0.15) is 5.58 Å². The van der Waals surface area contributed by atoms with Crippen molar-refractivity contribution in [2.75, 3.05) is 11.1 Å². The molecule has 0 unspecified atom stereocenters. The van der Waals surface area contributed by atoms with Crippen molar-refractivity contribution in [1.29, 1.82) is 0 Å². The van der Waals surface area contributed by atoms with Crippen molar-refractivity contribution in [1.82, 2.24) is 15.2 Å². The lowest BCUT2D eigenvalue weighted by molar-refractivity contribution is -0.113. The Balaban J connectivity index is 1.38. The van der Waals surface area contributed by atoms with Crippen LogP contribution in [0.2, 0.25) is 0 Å². The summed E-state index contributed by atoms with van der Waals surface area (Å²) in [5.41, 5.74) is 1.41. The molecule has 1 amide bonds. The van der Waals surface area contributed by atoms with Crippen LogP contribution < -0.4 is 10.9 Å². The first kappa shape index (κ1) is 17.0. The zero-order valence-electron chi connectivity index (χ0n) is 13.8. The minimum atomic E-state index is -0.415. The predicted molar refractivity (Wildman–Crippen MR) is 99.4 cm³/mol. The van der Waals surface area contributed by atoms with Gasteiger partial charge in [-0.25, -0.2) is 4.79 Å². The number of anilines is 1. The second kappa shape index (κ2) is 7.42. The number of thioether (sulfide) groups is 1. The van der Waals surface area contributed by atoms with Gasteiger partial charge in [-0.1, -0.05) is 11.8 Å². The van der Waals surface area contributed by atoms with Crippen molar-refractivity contribution in [3.8, 4) is 11.5 Å². The maximum atomic E-state index is 12.1. The molecular weight excluding hydrogens is 368 g/mol. The molecule has 1 aromatic carbocycles. The standard InChI is InChI=1S/C18H12N4O4S/c23-15(20-13-2-3-14-12(9-13)1-4-16(24)25-14)10-27-18-22-21-17(26-18)11-5-7-19-8-6-11/h1-9H,10H2,(H,20,23). The van der Waals surface area contributed by atoms with E-state index in [9.17, 15) is 9.59 Å². The highest BCUT2D eigenvalue weighted by Gasteiger charge is 2.11. The monoisotopic (exact) mass is 380 g/mol. The van der Waals surface area contributed by atoms with Crippen LogP contribution in [0.1, 0.15) is 0 Å². The molecule has 134 valence electrons. The van der Waals surface area contributed by atoms with Crippen LogP contribution in [0.4, 0.5) is 5.69 Å². The smallest absolute Gasteiger partial charge is 0.336 e. The van der Waals surface area contributed by atoms with Gasteiger partial charge in [0.15, 0.2) is 0 Å². The van der Waals surface area contributed by atoms with E-state index < -0.39 is 5.63 Å². The Bertz CT molecular complexity index is 1160. The van der Waals surface area contributed by atoms with Gasteiger partial charge in [-0.2, -0.15) is 0 Å². The number of amides is 1. The van der Waals surface area contributed by atoms with Crippen LogP contribution in [0.15, 0.2) is 73.7 Å². The Morgan fingerprint density at radius 1 is 1.04 bits per heavy atom. The highest BCUT2D eigenvalue weighted by atomic mass is 32.2. The molecule has 8 nitrogen and oxygen atoms in total. The van der Waals surface area contributed by atoms with Crippen molar-refractivity contribution >= 4 is 34.3 Å². The summed E-state index contributed by atoms with van der Waals surface area (Å²) in [6.07, 6.45) is 3.27. The van der Waals surface area contributed by atoms with Crippen LogP contribution in [-0.4, -0.2) is 26.8 Å². The maximum Gasteiger partial charge on any atom is 0.336 e. The Morgan fingerprint density at radius 3 is 2.74 bits per heavy atom. The summed E-state index contributed by atoms with van der Waals surface area (Å²) in [6, 6.07) is 11.5. The normalized spacial score (nSPS) is 10.8. The summed E-state index contributed by atoms with van der Waals surface area (Å²) in [6.45, 7) is 0. The Hall–Kier alpha value is -3.46. The summed E-state index contributed by atoms with van der Waals surface area (Å²) in [5, 5.41) is 11.7. The topological polar surface area (TPSA) is 111 Å². The molecule has 0 atom stereocenters. The number of pyridine rings is 1. The Morgan fingerprint density at radius 2 is 1.89 bits per heavy atom. The van der Waals surface area contributed by atoms with E-state index in [2.05, 4.69) is 20.5 Å². The van der Waals surface area contributed by atoms with E-state index in [-0.39, 0.29) is 11.7 Å². The number of rotatable bonds is 5. The number of hydrogen-bond acceptors (Lipinski definition) is 8. The highest BCUT2D eigenvalue weighted by molar-refractivity contribution is 7.99. The average Bonchev–Trinajstić information content (AvgIpc) is 3.16. The second-order valence-electron chi connectivity index (χ2n) is 5.45. The largest absolute Gasteiger partial charge is 0.423 e. The maximum absolute atomic E-state index is 12.1. The van der Waals surface area contributed by atoms with Crippen LogP contribution in [0.3, 0.4) is 0 Å². The predicted octanol–water partition coefficient (Wildman–Crippen LogP) is 2.97. The number of carbonyl (C=O) groups is 1. The van der Waals surface area contributed by atoms with Crippen LogP contribution >= 0.6 is 11.8 Å². The fourth-order valence-corrected chi connectivity index (χ4v) is 2.92. The number of fused-ring (bicyclic) bond motifs is 1. The van der Waals surface area contributed by atoms with Gasteiger partial charge in [-0.15, -0.1) is 10.2 Å². The van der Waals surface area contributed by atoms with E-state index in [1.165, 1.54) is 6.07 Å². The van der Waals surface area contributed by atoms with Crippen molar-refractivity contribution in [3.05, 3.63) is 65.3 Å². The minimum Gasteiger partial charge on any atom is -0.423 e. The summed E-state index contributed by atoms with van der Waals surface area (Å²) in [4.78, 5) is 27.3. The molecule has 4 rings (SSSR count). The third kappa shape index (κ3) is 4.04. The molecular formula is C18H12N4O4S. The van der Waals surface area contributed by atoms with Gasteiger partial charge in [0.25, 0.3) is 5.22 Å². The molecule has 0 bridgehead atoms. The summed E-state index contributed by atoms with van der Waals surface area (Å²) in [7, 11) is 0. The average molecular weight is 380 g/mol. The molecule has 0 spiro atoms. The van der Waals surface area contributed by atoms with Gasteiger partial charge in [0, 0.05) is 35.1 Å². The number of carbonyl (C=O) groups excluding carboxylic acids is 1. The van der Waals surface area contributed by atoms with Crippen molar-refractivity contribution in [2.24, 2.45) is 0 Å². The number of aromatic nitrogens is 3. The van der Waals surface area contributed by atoms with Crippen LogP contribution in [0, 0.1) is 0 Å². The van der Waals surface area contributed by atoms with Crippen molar-refractivity contribution < 1.29 is 13.6 Å². The molecule has 3 aromatic heterocycles. The molecule has 9 heteroatoms. The molecule has 0 fully saturated rings. The van der Waals surface area contributed by atoms with Crippen LogP contribution in [-0.2, 0) is 4.79 Å². The minimum absolute atomic E-state index is 0.111. The molecule has 0 aliphatic rings. The van der Waals surface area contributed by atoms with Gasteiger partial charge >= 0.3 is 5.63 Å². The fraction of sp³-hybridized carbons (Fsp3) is 0.0556. The summed E-state index contributed by atoms with van der Waals surface area (Å²) in [5.74, 6) is 0.261. The highest BCUT2D eigenvalue weighted by Crippen LogP contribution is 2.23. The lowest BCUT2D eigenvalue weighted by Gasteiger charge is -2.05. The van der Waals surface area contributed by atoms with Gasteiger partial charge < -0.3 is 14.2 Å². The van der Waals surface area contributed by atoms with Crippen molar-refractivity contribution in [3.63, 3.8) is 0 Å². The van der Waals surface area contributed by atoms with E-state index in [1.807, 2.05) is 0 Å². The van der Waals surface area contributed by atoms with Gasteiger partial charge in [0.2, 0.25) is 11.8 Å². The van der Waals surface area contributed by atoms with E-state index in [4.69, 9.17) is 8.83 Å². The second-order valence-corrected chi connectivity index (χ2v) is 6.38. The van der Waals surface area contributed by atoms with Gasteiger partial charge in [-0.05, 0) is 36.4 Å². The first-order chi connectivity index (χ1) is 13.2. The molecule has 0 saturated heterocycles. The van der Waals surface area contributed by atoms with E-state index in [0.29, 0.717) is 22.4 Å². The number of benzene rings is 1. The quantitative estimate of drug-likeness (QED) is 0.415. The number of nitrogens with one attached hydrogen (secondary N) is 1. The zero-order chi connectivity index (χ0) is 18.6. The van der Waals surface area contributed by atoms with E-state index >= 15 is 0 Å². The lowest BCUT2D eigenvalue weighted by atomic mass is 10.2. The van der Waals surface area contributed by atoms with Crippen molar-refractivity contribution in [2.45, 2.75) is 5.22 Å². The first-order valence-corrected chi connectivity index (χ1v) is 8.86. The van der Waals surface area contributed by atoms with E-state index in [1.54, 1.807) is 48.8 Å². The van der Waals surface area contributed by atoms with Crippen LogP contribution in [0.5, 0.6) is 0 Å². The van der Waals surface area contributed by atoms with Gasteiger partial charge in [0.05, 0.1) is 5.75 Å². The zero-order valence-corrected chi connectivity index (χ0v) is 14.6. The molecule has 4 aromatic rings. The van der Waals surface area contributed by atoms with E-state index in [0.717, 1.165) is 22.7 Å². The third-order valence-corrected chi connectivity index (χ3v) is 4.38. The molecule has 0 aliphatic heterocycles. The SMILES string of the molecule is O=C(CSc1nnc(-c2ccncc2)o1)Nc1ccc2oc(=O)ccc2c1.